The summed E-state index contributed by atoms with van der Waals surface area (Å²) in [4.78, 5) is 24.6. The third-order valence-corrected chi connectivity index (χ3v) is 3.09. The predicted molar refractivity (Wildman–Crippen MR) is 66.4 cm³/mol. The van der Waals surface area contributed by atoms with E-state index in [9.17, 15) is 9.59 Å². The molecule has 104 valence electrons. The average Bonchev–Trinajstić information content (AvgIpc) is 2.34. The molecule has 0 spiro atoms. The van der Waals surface area contributed by atoms with Gasteiger partial charge in [0.1, 0.15) is 6.04 Å². The first-order valence-electron chi connectivity index (χ1n) is 6.35. The zero-order chi connectivity index (χ0) is 13.7. The Morgan fingerprint density at radius 3 is 2.67 bits per heavy atom. The van der Waals surface area contributed by atoms with Gasteiger partial charge in [0, 0.05) is 13.1 Å². The van der Waals surface area contributed by atoms with Crippen LogP contribution in [0.2, 0.25) is 0 Å². The number of nitrogens with zero attached hydrogens (tertiary/aromatic N) is 1. The van der Waals surface area contributed by atoms with E-state index in [4.69, 9.17) is 9.84 Å². The molecule has 2 amide bonds. The first-order chi connectivity index (χ1) is 8.45. The second kappa shape index (κ2) is 6.58. The summed E-state index contributed by atoms with van der Waals surface area (Å²) in [5.74, 6) is -1.15. The molecule has 6 nitrogen and oxygen atoms in total. The van der Waals surface area contributed by atoms with E-state index in [1.54, 1.807) is 18.7 Å². The molecular formula is C12H22N2O4. The van der Waals surface area contributed by atoms with Gasteiger partial charge in [-0.15, -0.1) is 0 Å². The van der Waals surface area contributed by atoms with Crippen LogP contribution in [0.15, 0.2) is 0 Å². The zero-order valence-corrected chi connectivity index (χ0v) is 11.2. The lowest BCUT2D eigenvalue weighted by Gasteiger charge is -2.33. The van der Waals surface area contributed by atoms with Gasteiger partial charge in [-0.1, -0.05) is 20.8 Å². The molecule has 1 rings (SSSR count). The van der Waals surface area contributed by atoms with Gasteiger partial charge in [-0.05, 0) is 12.3 Å². The molecule has 0 bridgehead atoms. The Morgan fingerprint density at radius 2 is 2.17 bits per heavy atom. The van der Waals surface area contributed by atoms with Crippen LogP contribution >= 0.6 is 0 Å². The summed E-state index contributed by atoms with van der Waals surface area (Å²) in [5, 5.41) is 11.6. The monoisotopic (exact) mass is 258 g/mol. The van der Waals surface area contributed by atoms with Crippen LogP contribution < -0.4 is 5.32 Å². The zero-order valence-electron chi connectivity index (χ0n) is 11.2. The Hall–Kier alpha value is -1.30. The van der Waals surface area contributed by atoms with Gasteiger partial charge in [-0.25, -0.2) is 9.59 Å². The van der Waals surface area contributed by atoms with Crippen molar-refractivity contribution in [1.29, 1.82) is 0 Å². The number of carboxylic acid groups (broad SMARTS) is 1. The largest absolute Gasteiger partial charge is 0.480 e. The van der Waals surface area contributed by atoms with Gasteiger partial charge >= 0.3 is 12.0 Å². The molecule has 1 saturated heterocycles. The van der Waals surface area contributed by atoms with E-state index in [0.29, 0.717) is 19.7 Å². The summed E-state index contributed by atoms with van der Waals surface area (Å²) < 4.78 is 5.47. The predicted octanol–water partition coefficient (Wildman–Crippen LogP) is 0.916. The van der Waals surface area contributed by atoms with Crippen molar-refractivity contribution < 1.29 is 19.4 Å². The van der Waals surface area contributed by atoms with Crippen molar-refractivity contribution in [1.82, 2.24) is 10.2 Å². The lowest BCUT2D eigenvalue weighted by atomic mass is 10.1. The summed E-state index contributed by atoms with van der Waals surface area (Å²) in [7, 11) is 0. The summed E-state index contributed by atoms with van der Waals surface area (Å²) in [6.45, 7) is 7.07. The van der Waals surface area contributed by atoms with E-state index < -0.39 is 12.0 Å². The maximum atomic E-state index is 12.0. The number of carbonyl (C=O) groups is 2. The molecule has 2 unspecified atom stereocenters. The SMILES string of the molecule is CCC1CN(C(=O)NC(C(=O)O)C(C)C)CCO1. The molecule has 0 aromatic rings. The number of amides is 2. The van der Waals surface area contributed by atoms with Gasteiger partial charge in [0.25, 0.3) is 0 Å². The summed E-state index contributed by atoms with van der Waals surface area (Å²) >= 11 is 0. The first-order valence-corrected chi connectivity index (χ1v) is 6.35. The van der Waals surface area contributed by atoms with Crippen molar-refractivity contribution in [2.24, 2.45) is 5.92 Å². The number of nitrogens with one attached hydrogen (secondary N) is 1. The molecule has 0 aromatic carbocycles. The highest BCUT2D eigenvalue weighted by Gasteiger charge is 2.28. The highest BCUT2D eigenvalue weighted by atomic mass is 16.5. The minimum atomic E-state index is -1.00. The molecule has 2 atom stereocenters. The van der Waals surface area contributed by atoms with Crippen LogP contribution in [-0.2, 0) is 9.53 Å². The van der Waals surface area contributed by atoms with Gasteiger partial charge in [0.2, 0.25) is 0 Å². The van der Waals surface area contributed by atoms with E-state index in [1.807, 2.05) is 6.92 Å². The molecule has 1 heterocycles. The van der Waals surface area contributed by atoms with Crippen molar-refractivity contribution in [3.63, 3.8) is 0 Å². The maximum Gasteiger partial charge on any atom is 0.326 e. The van der Waals surface area contributed by atoms with Crippen LogP contribution in [0.3, 0.4) is 0 Å². The van der Waals surface area contributed by atoms with E-state index in [-0.39, 0.29) is 18.1 Å². The van der Waals surface area contributed by atoms with Crippen LogP contribution in [0, 0.1) is 5.92 Å². The van der Waals surface area contributed by atoms with Crippen LogP contribution in [0.4, 0.5) is 4.79 Å². The normalized spacial score (nSPS) is 21.8. The number of hydrogen-bond acceptors (Lipinski definition) is 3. The van der Waals surface area contributed by atoms with Crippen LogP contribution in [0.5, 0.6) is 0 Å². The summed E-state index contributed by atoms with van der Waals surface area (Å²) in [6.07, 6.45) is 0.892. The van der Waals surface area contributed by atoms with E-state index in [0.717, 1.165) is 6.42 Å². The molecule has 1 aliphatic heterocycles. The van der Waals surface area contributed by atoms with Gasteiger partial charge in [0.15, 0.2) is 0 Å². The molecule has 0 saturated carbocycles. The fourth-order valence-electron chi connectivity index (χ4n) is 1.89. The third-order valence-electron chi connectivity index (χ3n) is 3.09. The van der Waals surface area contributed by atoms with E-state index >= 15 is 0 Å². The Morgan fingerprint density at radius 1 is 1.50 bits per heavy atom. The van der Waals surface area contributed by atoms with Gasteiger partial charge in [-0.2, -0.15) is 0 Å². The fraction of sp³-hybridized carbons (Fsp3) is 0.833. The number of hydrogen-bond donors (Lipinski definition) is 2. The second-order valence-electron chi connectivity index (χ2n) is 4.86. The lowest BCUT2D eigenvalue weighted by Crippen LogP contribution is -2.54. The Bertz CT molecular complexity index is 306. The van der Waals surface area contributed by atoms with Crippen LogP contribution in [0.1, 0.15) is 27.2 Å². The van der Waals surface area contributed by atoms with Crippen molar-refractivity contribution in [2.45, 2.75) is 39.3 Å². The minimum absolute atomic E-state index is 0.0480. The van der Waals surface area contributed by atoms with Crippen molar-refractivity contribution in [3.8, 4) is 0 Å². The van der Waals surface area contributed by atoms with E-state index in [1.165, 1.54) is 0 Å². The highest BCUT2D eigenvalue weighted by molar-refractivity contribution is 5.82. The van der Waals surface area contributed by atoms with E-state index in [2.05, 4.69) is 5.32 Å². The average molecular weight is 258 g/mol. The second-order valence-corrected chi connectivity index (χ2v) is 4.86. The topological polar surface area (TPSA) is 78.9 Å². The Kier molecular flexibility index (Phi) is 5.40. The van der Waals surface area contributed by atoms with Gasteiger partial charge in [-0.3, -0.25) is 0 Å². The quantitative estimate of drug-likeness (QED) is 0.785. The minimum Gasteiger partial charge on any atom is -0.480 e. The van der Waals surface area contributed by atoms with Crippen LogP contribution in [0.25, 0.3) is 0 Å². The summed E-state index contributed by atoms with van der Waals surface area (Å²) in [6, 6.07) is -1.17. The third kappa shape index (κ3) is 3.87. The molecular weight excluding hydrogens is 236 g/mol. The summed E-state index contributed by atoms with van der Waals surface area (Å²) in [5.41, 5.74) is 0. The number of urea groups is 1. The van der Waals surface area contributed by atoms with Crippen molar-refractivity contribution in [2.75, 3.05) is 19.7 Å². The van der Waals surface area contributed by atoms with Crippen molar-refractivity contribution >= 4 is 12.0 Å². The molecule has 2 N–H and O–H groups in total. The molecule has 1 fully saturated rings. The fourth-order valence-corrected chi connectivity index (χ4v) is 1.89. The number of ether oxygens (including phenoxy) is 1. The molecule has 1 aliphatic rings. The Labute approximate surface area is 107 Å². The molecule has 18 heavy (non-hydrogen) atoms. The number of aliphatic carboxylic acids is 1. The number of morpholine rings is 1. The molecule has 0 aromatic heterocycles. The highest BCUT2D eigenvalue weighted by Crippen LogP contribution is 2.09. The first kappa shape index (κ1) is 14.8. The van der Waals surface area contributed by atoms with Crippen molar-refractivity contribution in [3.05, 3.63) is 0 Å². The number of carboxylic acids is 1. The smallest absolute Gasteiger partial charge is 0.326 e. The lowest BCUT2D eigenvalue weighted by molar-refractivity contribution is -0.140. The van der Waals surface area contributed by atoms with Gasteiger partial charge < -0.3 is 20.1 Å². The number of rotatable bonds is 4. The van der Waals surface area contributed by atoms with Gasteiger partial charge in [0.05, 0.1) is 12.7 Å². The Balaban J connectivity index is 2.55. The molecule has 0 radical (unpaired) electrons. The van der Waals surface area contributed by atoms with Crippen LogP contribution in [-0.4, -0.2) is 53.8 Å². The molecule has 0 aliphatic carbocycles. The molecule has 6 heteroatoms. The maximum absolute atomic E-state index is 12.0. The number of carbonyl (C=O) groups excluding carboxylic acids is 1. The standard InChI is InChI=1S/C12H22N2O4/c1-4-9-7-14(5-6-18-9)12(17)13-10(8(2)3)11(15)16/h8-10H,4-7H2,1-3H3,(H,13,17)(H,15,16).